The lowest BCUT2D eigenvalue weighted by atomic mass is 10.1. The lowest BCUT2D eigenvalue weighted by molar-refractivity contribution is 0.0691. The van der Waals surface area contributed by atoms with Crippen LogP contribution in [0.2, 0.25) is 5.15 Å². The standard InChI is InChI=1S/C25H21FN4O.C15H9N3.C15H10N2O2.C14H9ClN2/c26-19-10-12-20(13-11-19)29-14-16-30(17-15-29)25(31)23-21-8-4-5-9-22(21)27-24(28-23)18-6-2-1-3-7-18;16-10-14-12-8-4-5-9-13(12)17-15(18-14)11-6-2-1-3-7-11;18-15(19)13-11-8-4-5-9-12(11)16-14(17-13)10-6-2-1-3-7-10;15-13-11-8-4-5-9-12(11)16-14(17-13)10-6-2-1-3-7-10/h1-13H,14-17H2;1-9H;1-9H,(H,18,19);1-9H. The number of fused-ring (bicyclic) bond motifs is 4. The van der Waals surface area contributed by atoms with Gasteiger partial charge in [-0.1, -0.05) is 194 Å². The summed E-state index contributed by atoms with van der Waals surface area (Å²) < 4.78 is 13.2. The Kier molecular flexibility index (Phi) is 17.1. The van der Waals surface area contributed by atoms with Crippen molar-refractivity contribution in [3.8, 4) is 51.6 Å². The monoisotopic (exact) mass is 1130 g/mol. The molecular formula is C69H49ClFN11O3. The van der Waals surface area contributed by atoms with Gasteiger partial charge in [0.2, 0.25) is 0 Å². The first-order chi connectivity index (χ1) is 41.7. The normalized spacial score (nSPS) is 11.8. The summed E-state index contributed by atoms with van der Waals surface area (Å²) in [7, 11) is 0. The molecule has 1 fully saturated rings. The number of benzene rings is 9. The molecule has 0 spiro atoms. The molecule has 0 saturated carbocycles. The molecule has 9 aromatic carbocycles. The number of carboxylic acid groups (broad SMARTS) is 1. The van der Waals surface area contributed by atoms with Crippen molar-refractivity contribution in [2.75, 3.05) is 31.1 Å². The van der Waals surface area contributed by atoms with Crippen LogP contribution in [0.25, 0.3) is 89.2 Å². The van der Waals surface area contributed by atoms with Gasteiger partial charge >= 0.3 is 5.97 Å². The highest BCUT2D eigenvalue weighted by molar-refractivity contribution is 6.34. The van der Waals surface area contributed by atoms with E-state index in [1.807, 2.05) is 205 Å². The van der Waals surface area contributed by atoms with E-state index in [0.717, 1.165) is 60.6 Å². The first-order valence-corrected chi connectivity index (χ1v) is 27.4. The van der Waals surface area contributed by atoms with Crippen molar-refractivity contribution in [2.45, 2.75) is 0 Å². The van der Waals surface area contributed by atoms with Crippen molar-refractivity contribution in [3.63, 3.8) is 0 Å². The Balaban J connectivity index is 0.000000122. The first-order valence-electron chi connectivity index (χ1n) is 27.0. The van der Waals surface area contributed by atoms with Gasteiger partial charge in [0.05, 0.1) is 22.1 Å². The van der Waals surface area contributed by atoms with Crippen LogP contribution in [0.4, 0.5) is 10.1 Å². The lowest BCUT2D eigenvalue weighted by Gasteiger charge is -2.36. The molecule has 1 N–H and O–H groups in total. The second-order valence-corrected chi connectivity index (χ2v) is 19.6. The Labute approximate surface area is 492 Å². The van der Waals surface area contributed by atoms with E-state index in [2.05, 4.69) is 50.8 Å². The largest absolute Gasteiger partial charge is 0.476 e. The fourth-order valence-corrected chi connectivity index (χ4v) is 9.75. The topological polar surface area (TPSA) is 188 Å². The zero-order chi connectivity index (χ0) is 58.5. The van der Waals surface area contributed by atoms with Crippen LogP contribution in [-0.4, -0.2) is 87.9 Å². The van der Waals surface area contributed by atoms with Gasteiger partial charge in [-0.3, -0.25) is 4.79 Å². The highest BCUT2D eigenvalue weighted by Gasteiger charge is 2.26. The number of para-hydroxylation sites is 4. The van der Waals surface area contributed by atoms with Crippen LogP contribution in [0.5, 0.6) is 0 Å². The van der Waals surface area contributed by atoms with Crippen LogP contribution < -0.4 is 4.90 Å². The van der Waals surface area contributed by atoms with Gasteiger partial charge in [0.15, 0.2) is 34.7 Å². The van der Waals surface area contributed by atoms with Crippen LogP contribution in [-0.2, 0) is 0 Å². The van der Waals surface area contributed by atoms with Crippen LogP contribution >= 0.6 is 11.6 Å². The number of hydrogen-bond acceptors (Lipinski definition) is 12. The fourth-order valence-electron chi connectivity index (χ4n) is 9.51. The minimum absolute atomic E-state index is 0.0319. The molecule has 412 valence electrons. The number of nitrogens with zero attached hydrogens (tertiary/aromatic N) is 11. The molecule has 1 amide bonds. The Morgan fingerprint density at radius 2 is 0.765 bits per heavy atom. The molecule has 0 radical (unpaired) electrons. The van der Waals surface area contributed by atoms with Crippen molar-refractivity contribution >= 4 is 72.8 Å². The number of halogens is 2. The van der Waals surface area contributed by atoms with Crippen molar-refractivity contribution < 1.29 is 19.1 Å². The van der Waals surface area contributed by atoms with E-state index in [4.69, 9.17) is 16.9 Å². The first kappa shape index (κ1) is 55.7. The molecule has 1 aliphatic heterocycles. The predicted octanol–water partition coefficient (Wildman–Crippen LogP) is 14.5. The number of anilines is 1. The second-order valence-electron chi connectivity index (χ2n) is 19.2. The Bertz CT molecular complexity index is 4540. The summed E-state index contributed by atoms with van der Waals surface area (Å²) in [6.07, 6.45) is 0. The summed E-state index contributed by atoms with van der Waals surface area (Å²) in [6.45, 7) is 2.53. The zero-order valence-corrected chi connectivity index (χ0v) is 46.1. The molecule has 85 heavy (non-hydrogen) atoms. The summed E-state index contributed by atoms with van der Waals surface area (Å²) in [5.74, 6) is 0.845. The highest BCUT2D eigenvalue weighted by atomic mass is 35.5. The molecule has 4 aromatic heterocycles. The van der Waals surface area contributed by atoms with Gasteiger partial charge in [-0.15, -0.1) is 0 Å². The summed E-state index contributed by atoms with van der Waals surface area (Å²) in [4.78, 5) is 64.3. The number of amides is 1. The minimum atomic E-state index is -1.05. The van der Waals surface area contributed by atoms with Crippen LogP contribution in [0.1, 0.15) is 26.7 Å². The number of carbonyl (C=O) groups is 2. The van der Waals surface area contributed by atoms with E-state index in [1.165, 1.54) is 12.1 Å². The molecule has 0 unspecified atom stereocenters. The third-order valence-corrected chi connectivity index (χ3v) is 14.1. The molecular weight excluding hydrogens is 1090 g/mol. The quantitative estimate of drug-likeness (QED) is 0.149. The molecule has 14 rings (SSSR count). The molecule has 14 nitrogen and oxygen atoms in total. The van der Waals surface area contributed by atoms with Gasteiger partial charge in [-0.2, -0.15) is 5.26 Å². The molecule has 0 aliphatic carbocycles. The number of rotatable bonds is 7. The number of hydrogen-bond donors (Lipinski definition) is 1. The third kappa shape index (κ3) is 13.1. The Hall–Kier alpha value is -11.2. The van der Waals surface area contributed by atoms with E-state index in [1.54, 1.807) is 30.3 Å². The number of carboxylic acids is 1. The third-order valence-electron chi connectivity index (χ3n) is 13.8. The van der Waals surface area contributed by atoms with Gasteiger partial charge in [0, 0.05) is 75.7 Å². The van der Waals surface area contributed by atoms with Gasteiger partial charge in [0.25, 0.3) is 5.91 Å². The molecule has 1 aliphatic rings. The van der Waals surface area contributed by atoms with E-state index < -0.39 is 5.97 Å². The molecule has 0 atom stereocenters. The number of piperazine rings is 1. The fraction of sp³-hybridized carbons (Fsp3) is 0.0580. The average Bonchev–Trinajstić information content (AvgIpc) is 3.77. The van der Waals surface area contributed by atoms with Crippen LogP contribution in [0.15, 0.2) is 243 Å². The summed E-state index contributed by atoms with van der Waals surface area (Å²) >= 11 is 6.16. The maximum absolute atomic E-state index is 13.5. The minimum Gasteiger partial charge on any atom is -0.476 e. The van der Waals surface area contributed by atoms with Crippen molar-refractivity contribution in [2.24, 2.45) is 0 Å². The van der Waals surface area contributed by atoms with Crippen molar-refractivity contribution in [3.05, 3.63) is 271 Å². The number of aromatic carboxylic acids is 1. The lowest BCUT2D eigenvalue weighted by Crippen LogP contribution is -2.49. The van der Waals surface area contributed by atoms with Gasteiger partial charge < -0.3 is 14.9 Å². The van der Waals surface area contributed by atoms with Gasteiger partial charge in [0.1, 0.15) is 22.7 Å². The van der Waals surface area contributed by atoms with E-state index in [9.17, 15) is 19.1 Å². The van der Waals surface area contributed by atoms with Crippen molar-refractivity contribution in [1.29, 1.82) is 5.26 Å². The van der Waals surface area contributed by atoms with Crippen LogP contribution in [0.3, 0.4) is 0 Å². The summed E-state index contributed by atoms with van der Waals surface area (Å²) in [5.41, 5.74) is 8.46. The number of carbonyl (C=O) groups excluding carboxylic acids is 1. The summed E-state index contributed by atoms with van der Waals surface area (Å²) in [6, 6.07) is 77.2. The number of aromatic nitrogens is 8. The smallest absolute Gasteiger partial charge is 0.355 e. The highest BCUT2D eigenvalue weighted by Crippen LogP contribution is 2.28. The van der Waals surface area contributed by atoms with E-state index in [-0.39, 0.29) is 17.4 Å². The Morgan fingerprint density at radius 1 is 0.412 bits per heavy atom. The van der Waals surface area contributed by atoms with Gasteiger partial charge in [-0.05, 0) is 60.7 Å². The van der Waals surface area contributed by atoms with Crippen LogP contribution in [0, 0.1) is 17.1 Å². The van der Waals surface area contributed by atoms with E-state index in [0.29, 0.717) is 76.9 Å². The predicted molar refractivity (Wildman–Crippen MR) is 331 cm³/mol. The SMILES string of the molecule is Clc1nc(-c2ccccc2)nc2ccccc12.N#Cc1nc(-c2ccccc2)nc2ccccc12.O=C(O)c1nc(-c2ccccc2)nc2ccccc12.O=C(c1nc(-c2ccccc2)nc2ccccc12)N1CCN(c2ccc(F)cc2)CC1. The second kappa shape index (κ2) is 26.1. The average molecular weight is 1130 g/mol. The molecule has 16 heteroatoms. The van der Waals surface area contributed by atoms with E-state index >= 15 is 0 Å². The molecule has 1 saturated heterocycles. The Morgan fingerprint density at radius 3 is 1.21 bits per heavy atom. The molecule has 0 bridgehead atoms. The molecule has 5 heterocycles. The van der Waals surface area contributed by atoms with Crippen molar-refractivity contribution in [1.82, 2.24) is 44.8 Å². The zero-order valence-electron chi connectivity index (χ0n) is 45.4. The maximum atomic E-state index is 13.5. The maximum Gasteiger partial charge on any atom is 0.355 e. The summed E-state index contributed by atoms with van der Waals surface area (Å²) in [5, 5.41) is 21.9. The van der Waals surface area contributed by atoms with Gasteiger partial charge in [-0.25, -0.2) is 49.1 Å². The number of nitriles is 1. The molecule has 13 aromatic rings.